The van der Waals surface area contributed by atoms with E-state index in [0.717, 1.165) is 45.2 Å². The lowest BCUT2D eigenvalue weighted by molar-refractivity contribution is 0.0922. The molecule has 1 aromatic heterocycles. The highest BCUT2D eigenvalue weighted by atomic mass is 16.6. The van der Waals surface area contributed by atoms with Crippen LogP contribution in [-0.4, -0.2) is 40.6 Å². The molecule has 28 heavy (non-hydrogen) atoms. The second kappa shape index (κ2) is 7.36. The minimum Gasteiger partial charge on any atom is -0.490 e. The minimum absolute atomic E-state index is 0.217. The molecule has 2 aromatic carbocycles. The molecular weight excluding hydrogens is 356 g/mol. The molecule has 148 valence electrons. The highest BCUT2D eigenvalue weighted by molar-refractivity contribution is 5.80. The maximum absolute atomic E-state index is 10.6. The van der Waals surface area contributed by atoms with Crippen LogP contribution in [0.2, 0.25) is 0 Å². The second-order valence-corrected chi connectivity index (χ2v) is 7.37. The Bertz CT molecular complexity index is 1030. The maximum atomic E-state index is 10.6. The summed E-state index contributed by atoms with van der Waals surface area (Å²) in [4.78, 5) is 4.61. The summed E-state index contributed by atoms with van der Waals surface area (Å²) in [5.74, 6) is 3.12. The third-order valence-corrected chi connectivity index (χ3v) is 5.29. The number of aromatic nitrogens is 2. The zero-order chi connectivity index (χ0) is 19.8. The van der Waals surface area contributed by atoms with Crippen molar-refractivity contribution in [3.8, 4) is 17.2 Å². The second-order valence-electron chi connectivity index (χ2n) is 7.37. The average Bonchev–Trinajstić information content (AvgIpc) is 2.97. The lowest BCUT2D eigenvalue weighted by Crippen LogP contribution is -2.24. The van der Waals surface area contributed by atoms with Gasteiger partial charge in [-0.05, 0) is 44.4 Å². The van der Waals surface area contributed by atoms with Gasteiger partial charge >= 0.3 is 0 Å². The van der Waals surface area contributed by atoms with E-state index in [9.17, 15) is 5.11 Å². The van der Waals surface area contributed by atoms with Gasteiger partial charge in [0.1, 0.15) is 37.5 Å². The van der Waals surface area contributed by atoms with Gasteiger partial charge in [-0.25, -0.2) is 4.98 Å². The van der Waals surface area contributed by atoms with Crippen molar-refractivity contribution < 1.29 is 19.3 Å². The Morgan fingerprint density at radius 3 is 2.50 bits per heavy atom. The van der Waals surface area contributed by atoms with Gasteiger partial charge in [0.05, 0.1) is 17.6 Å². The summed E-state index contributed by atoms with van der Waals surface area (Å²) >= 11 is 0. The number of imidazole rings is 1. The maximum Gasteiger partial charge on any atom is 0.163 e. The minimum atomic E-state index is -0.663. The summed E-state index contributed by atoms with van der Waals surface area (Å²) in [5.41, 5.74) is 5.12. The van der Waals surface area contributed by atoms with Crippen molar-refractivity contribution in [3.05, 3.63) is 46.8 Å². The Hall–Kier alpha value is -2.73. The first-order valence-electron chi connectivity index (χ1n) is 9.58. The molecule has 0 spiro atoms. The van der Waals surface area contributed by atoms with Crippen LogP contribution in [0.15, 0.2) is 24.3 Å². The molecule has 0 saturated carbocycles. The number of ether oxygens (including phenoxy) is 3. The standard InChI is InChI=1S/C22H26N2O4/c1-13-5-6-14(2)22(15(13)3)28-12-17(25)11-24-16(4)23-18-9-20-21(10-19(18)24)27-8-7-26-20/h5-6,9-10,17,25H,7-8,11-12H2,1-4H3/t17-/m1/s1. The van der Waals surface area contributed by atoms with Crippen molar-refractivity contribution in [1.29, 1.82) is 0 Å². The first-order chi connectivity index (χ1) is 13.4. The predicted octanol–water partition coefficient (Wildman–Crippen LogP) is 3.48. The van der Waals surface area contributed by atoms with Crippen molar-refractivity contribution in [3.63, 3.8) is 0 Å². The highest BCUT2D eigenvalue weighted by Gasteiger charge is 2.19. The van der Waals surface area contributed by atoms with Gasteiger partial charge in [-0.3, -0.25) is 0 Å². The molecule has 1 atom stereocenters. The molecule has 0 aliphatic carbocycles. The Labute approximate surface area is 164 Å². The van der Waals surface area contributed by atoms with E-state index < -0.39 is 6.10 Å². The van der Waals surface area contributed by atoms with Crippen LogP contribution in [0.4, 0.5) is 0 Å². The first-order valence-corrected chi connectivity index (χ1v) is 9.58. The summed E-state index contributed by atoms with van der Waals surface area (Å²) in [5, 5.41) is 10.6. The van der Waals surface area contributed by atoms with Crippen molar-refractivity contribution in [2.24, 2.45) is 0 Å². The molecule has 3 aromatic rings. The van der Waals surface area contributed by atoms with Gasteiger partial charge in [0, 0.05) is 12.1 Å². The van der Waals surface area contributed by atoms with Crippen LogP contribution in [0.25, 0.3) is 11.0 Å². The number of aryl methyl sites for hydroxylation is 3. The number of aliphatic hydroxyl groups excluding tert-OH is 1. The first kappa shape index (κ1) is 18.6. The summed E-state index contributed by atoms with van der Waals surface area (Å²) < 4.78 is 19.3. The van der Waals surface area contributed by atoms with Crippen LogP contribution >= 0.6 is 0 Å². The van der Waals surface area contributed by atoms with E-state index in [2.05, 4.69) is 18.0 Å². The van der Waals surface area contributed by atoms with Gasteiger partial charge in [0.2, 0.25) is 0 Å². The van der Waals surface area contributed by atoms with E-state index in [4.69, 9.17) is 14.2 Å². The molecular formula is C22H26N2O4. The van der Waals surface area contributed by atoms with Gasteiger partial charge in [0.15, 0.2) is 11.5 Å². The van der Waals surface area contributed by atoms with Gasteiger partial charge in [0.25, 0.3) is 0 Å². The van der Waals surface area contributed by atoms with E-state index >= 15 is 0 Å². The van der Waals surface area contributed by atoms with Gasteiger partial charge < -0.3 is 23.9 Å². The molecule has 0 bridgehead atoms. The Kier molecular flexibility index (Phi) is 4.89. The number of benzene rings is 2. The lowest BCUT2D eigenvalue weighted by Gasteiger charge is -2.19. The van der Waals surface area contributed by atoms with Crippen molar-refractivity contribution >= 4 is 11.0 Å². The normalized spacial score (nSPS) is 14.3. The summed E-state index contributed by atoms with van der Waals surface area (Å²) in [7, 11) is 0. The molecule has 2 heterocycles. The largest absolute Gasteiger partial charge is 0.490 e. The molecule has 1 N–H and O–H groups in total. The molecule has 0 saturated heterocycles. The van der Waals surface area contributed by atoms with E-state index in [1.165, 1.54) is 5.56 Å². The topological polar surface area (TPSA) is 65.7 Å². The monoisotopic (exact) mass is 382 g/mol. The molecule has 6 nitrogen and oxygen atoms in total. The third-order valence-electron chi connectivity index (χ3n) is 5.29. The number of rotatable bonds is 5. The molecule has 1 aliphatic rings. The van der Waals surface area contributed by atoms with Crippen molar-refractivity contribution in [2.75, 3.05) is 19.8 Å². The lowest BCUT2D eigenvalue weighted by atomic mass is 10.1. The average molecular weight is 382 g/mol. The predicted molar refractivity (Wildman–Crippen MR) is 108 cm³/mol. The SMILES string of the molecule is Cc1ccc(C)c(OC[C@H](O)Cn2c(C)nc3cc4c(cc32)OCCO4)c1C. The molecule has 4 rings (SSSR count). The zero-order valence-corrected chi connectivity index (χ0v) is 16.8. The zero-order valence-electron chi connectivity index (χ0n) is 16.8. The van der Waals surface area contributed by atoms with Crippen LogP contribution in [-0.2, 0) is 6.54 Å². The quantitative estimate of drug-likeness (QED) is 0.732. The molecule has 0 radical (unpaired) electrons. The van der Waals surface area contributed by atoms with Crippen molar-refractivity contribution in [2.45, 2.75) is 40.3 Å². The number of nitrogens with zero attached hydrogens (tertiary/aromatic N) is 2. The van der Waals surface area contributed by atoms with E-state index in [1.54, 1.807) is 0 Å². The van der Waals surface area contributed by atoms with Crippen LogP contribution in [0.5, 0.6) is 17.2 Å². The molecule has 0 amide bonds. The van der Waals surface area contributed by atoms with Crippen molar-refractivity contribution in [1.82, 2.24) is 9.55 Å². The highest BCUT2D eigenvalue weighted by Crippen LogP contribution is 2.35. The van der Waals surface area contributed by atoms with Gasteiger partial charge in [-0.15, -0.1) is 0 Å². The van der Waals surface area contributed by atoms with Gasteiger partial charge in [-0.1, -0.05) is 12.1 Å². The Balaban J connectivity index is 1.53. The fourth-order valence-corrected chi connectivity index (χ4v) is 3.60. The molecule has 1 aliphatic heterocycles. The summed E-state index contributed by atoms with van der Waals surface area (Å²) in [6.45, 7) is 9.76. The number of aliphatic hydroxyl groups is 1. The molecule has 0 unspecified atom stereocenters. The Morgan fingerprint density at radius 2 is 1.75 bits per heavy atom. The molecule has 6 heteroatoms. The smallest absolute Gasteiger partial charge is 0.163 e. The fraction of sp³-hybridized carbons (Fsp3) is 0.409. The number of fused-ring (bicyclic) bond motifs is 2. The van der Waals surface area contributed by atoms with Crippen LogP contribution < -0.4 is 14.2 Å². The van der Waals surface area contributed by atoms with Crippen LogP contribution in [0.3, 0.4) is 0 Å². The van der Waals surface area contributed by atoms with E-state index in [-0.39, 0.29) is 6.61 Å². The summed E-state index contributed by atoms with van der Waals surface area (Å²) in [6, 6.07) is 7.96. The number of hydrogen-bond acceptors (Lipinski definition) is 5. The number of hydrogen-bond donors (Lipinski definition) is 1. The Morgan fingerprint density at radius 1 is 1.07 bits per heavy atom. The molecule has 0 fully saturated rings. The van der Waals surface area contributed by atoms with Gasteiger partial charge in [-0.2, -0.15) is 0 Å². The summed E-state index contributed by atoms with van der Waals surface area (Å²) in [6.07, 6.45) is -0.663. The third kappa shape index (κ3) is 3.40. The van der Waals surface area contributed by atoms with Crippen LogP contribution in [0, 0.1) is 27.7 Å². The van der Waals surface area contributed by atoms with E-state index in [0.29, 0.717) is 19.8 Å². The van der Waals surface area contributed by atoms with E-state index in [1.807, 2.05) is 43.5 Å². The fourth-order valence-electron chi connectivity index (χ4n) is 3.60. The van der Waals surface area contributed by atoms with Crippen LogP contribution in [0.1, 0.15) is 22.5 Å².